The van der Waals surface area contributed by atoms with Gasteiger partial charge in [-0.3, -0.25) is 4.79 Å². The molecule has 0 radical (unpaired) electrons. The molecule has 0 bridgehead atoms. The number of carbonyl (C=O) groups is 1. The minimum Gasteiger partial charge on any atom is -0.433 e. The Labute approximate surface area is 80.2 Å². The van der Waals surface area contributed by atoms with E-state index in [0.717, 1.165) is 13.0 Å². The molecule has 3 nitrogen and oxygen atoms in total. The highest BCUT2D eigenvalue weighted by molar-refractivity contribution is 5.75. The summed E-state index contributed by atoms with van der Waals surface area (Å²) in [6.45, 7) is 8.43. The molecule has 0 saturated heterocycles. The van der Waals surface area contributed by atoms with Crippen molar-refractivity contribution in [2.75, 3.05) is 6.54 Å². The van der Waals surface area contributed by atoms with Gasteiger partial charge in [0.1, 0.15) is 6.26 Å². The van der Waals surface area contributed by atoms with Gasteiger partial charge in [0, 0.05) is 12.7 Å². The molecule has 0 rings (SSSR count). The number of rotatable bonds is 4. The molecule has 0 atom stereocenters. The van der Waals surface area contributed by atoms with Crippen LogP contribution in [-0.2, 0) is 9.53 Å². The van der Waals surface area contributed by atoms with Crippen molar-refractivity contribution in [1.82, 2.24) is 5.32 Å². The Bertz CT molecular complexity index is 180. The Morgan fingerprint density at radius 3 is 2.54 bits per heavy atom. The van der Waals surface area contributed by atoms with Crippen LogP contribution in [0.15, 0.2) is 12.5 Å². The van der Waals surface area contributed by atoms with Crippen LogP contribution in [0, 0.1) is 5.41 Å². The third-order valence-corrected chi connectivity index (χ3v) is 1.37. The maximum absolute atomic E-state index is 11.2. The molecular weight excluding hydrogens is 166 g/mol. The van der Waals surface area contributed by atoms with E-state index in [1.165, 1.54) is 6.26 Å². The molecule has 76 valence electrons. The lowest BCUT2D eigenvalue weighted by Gasteiger charge is -2.13. The first-order chi connectivity index (χ1) is 5.98. The number of esters is 1. The van der Waals surface area contributed by atoms with Crippen LogP contribution in [0.4, 0.5) is 0 Å². The first kappa shape index (κ1) is 12.0. The zero-order valence-corrected chi connectivity index (χ0v) is 8.89. The highest BCUT2D eigenvalue weighted by Crippen LogP contribution is 2.14. The maximum Gasteiger partial charge on any atom is 0.316 e. The average molecular weight is 185 g/mol. The summed E-state index contributed by atoms with van der Waals surface area (Å²) in [6, 6.07) is 0. The normalized spacial score (nSPS) is 11.7. The Kier molecular flexibility index (Phi) is 5.19. The molecule has 0 heterocycles. The van der Waals surface area contributed by atoms with Crippen LogP contribution in [0.3, 0.4) is 0 Å². The van der Waals surface area contributed by atoms with Crippen molar-refractivity contribution in [2.24, 2.45) is 5.41 Å². The fourth-order valence-electron chi connectivity index (χ4n) is 0.548. The predicted octanol–water partition coefficient (Wildman–Crippen LogP) is 2.05. The summed E-state index contributed by atoms with van der Waals surface area (Å²) in [5.41, 5.74) is -0.435. The molecule has 3 heteroatoms. The van der Waals surface area contributed by atoms with Crippen molar-refractivity contribution in [3.05, 3.63) is 12.5 Å². The number of hydrogen-bond donors (Lipinski definition) is 1. The summed E-state index contributed by atoms with van der Waals surface area (Å²) in [5, 5.41) is 2.98. The van der Waals surface area contributed by atoms with Crippen molar-refractivity contribution in [3.8, 4) is 0 Å². The monoisotopic (exact) mass is 185 g/mol. The molecule has 0 unspecified atom stereocenters. The fourth-order valence-corrected chi connectivity index (χ4v) is 0.548. The van der Waals surface area contributed by atoms with E-state index >= 15 is 0 Å². The molecule has 0 fully saturated rings. The van der Waals surface area contributed by atoms with Crippen LogP contribution in [0.5, 0.6) is 0 Å². The third-order valence-electron chi connectivity index (χ3n) is 1.37. The molecule has 0 aliphatic heterocycles. The second-order valence-corrected chi connectivity index (χ2v) is 3.91. The minimum absolute atomic E-state index is 0.220. The average Bonchev–Trinajstić information content (AvgIpc) is 2.02. The van der Waals surface area contributed by atoms with E-state index < -0.39 is 5.41 Å². The summed E-state index contributed by atoms with van der Waals surface area (Å²) < 4.78 is 4.87. The van der Waals surface area contributed by atoms with E-state index in [9.17, 15) is 4.79 Å². The van der Waals surface area contributed by atoms with Gasteiger partial charge in [0.25, 0.3) is 0 Å². The first-order valence-electron chi connectivity index (χ1n) is 4.58. The molecule has 0 aromatic heterocycles. The molecule has 13 heavy (non-hydrogen) atoms. The van der Waals surface area contributed by atoms with Crippen molar-refractivity contribution in [1.29, 1.82) is 0 Å². The van der Waals surface area contributed by atoms with E-state index in [2.05, 4.69) is 12.2 Å². The Hall–Kier alpha value is -0.990. The van der Waals surface area contributed by atoms with Gasteiger partial charge in [0.2, 0.25) is 0 Å². The molecular formula is C10H19NO2. The SMILES string of the molecule is CCCN/C=C/OC(=O)C(C)(C)C. The van der Waals surface area contributed by atoms with E-state index in [1.54, 1.807) is 6.20 Å². The van der Waals surface area contributed by atoms with Crippen LogP contribution in [0.25, 0.3) is 0 Å². The van der Waals surface area contributed by atoms with E-state index in [-0.39, 0.29) is 5.97 Å². The van der Waals surface area contributed by atoms with Gasteiger partial charge in [-0.25, -0.2) is 0 Å². The van der Waals surface area contributed by atoms with Gasteiger partial charge in [-0.05, 0) is 27.2 Å². The molecule has 0 spiro atoms. The first-order valence-corrected chi connectivity index (χ1v) is 4.58. The second kappa shape index (κ2) is 5.62. The molecule has 0 aromatic rings. The quantitative estimate of drug-likeness (QED) is 0.414. The largest absolute Gasteiger partial charge is 0.433 e. The molecule has 0 aliphatic rings. The molecule has 0 aromatic carbocycles. The number of nitrogens with one attached hydrogen (secondary N) is 1. The second-order valence-electron chi connectivity index (χ2n) is 3.91. The summed E-state index contributed by atoms with van der Waals surface area (Å²) >= 11 is 0. The topological polar surface area (TPSA) is 38.3 Å². The molecule has 0 saturated carbocycles. The minimum atomic E-state index is -0.435. The number of hydrogen-bond acceptors (Lipinski definition) is 3. The summed E-state index contributed by atoms with van der Waals surface area (Å²) in [5.74, 6) is -0.220. The maximum atomic E-state index is 11.2. The van der Waals surface area contributed by atoms with Gasteiger partial charge in [-0.2, -0.15) is 0 Å². The van der Waals surface area contributed by atoms with Crippen molar-refractivity contribution in [2.45, 2.75) is 34.1 Å². The van der Waals surface area contributed by atoms with Gasteiger partial charge >= 0.3 is 5.97 Å². The van der Waals surface area contributed by atoms with Crippen LogP contribution >= 0.6 is 0 Å². The standard InChI is InChI=1S/C10H19NO2/c1-5-6-11-7-8-13-9(12)10(2,3)4/h7-8,11H,5-6H2,1-4H3/b8-7+. The van der Waals surface area contributed by atoms with Crippen molar-refractivity contribution < 1.29 is 9.53 Å². The summed E-state index contributed by atoms with van der Waals surface area (Å²) in [7, 11) is 0. The van der Waals surface area contributed by atoms with Gasteiger partial charge < -0.3 is 10.1 Å². The molecule has 1 N–H and O–H groups in total. The number of carbonyl (C=O) groups excluding carboxylic acids is 1. The van der Waals surface area contributed by atoms with Crippen LogP contribution < -0.4 is 5.32 Å². The van der Waals surface area contributed by atoms with Crippen LogP contribution in [0.2, 0.25) is 0 Å². The van der Waals surface area contributed by atoms with Gasteiger partial charge in [-0.1, -0.05) is 6.92 Å². The Morgan fingerprint density at radius 1 is 1.46 bits per heavy atom. The van der Waals surface area contributed by atoms with Gasteiger partial charge in [0.05, 0.1) is 5.41 Å². The Morgan fingerprint density at radius 2 is 2.08 bits per heavy atom. The van der Waals surface area contributed by atoms with Crippen molar-refractivity contribution in [3.63, 3.8) is 0 Å². The molecule has 0 amide bonds. The zero-order chi connectivity index (χ0) is 10.3. The van der Waals surface area contributed by atoms with Crippen LogP contribution in [0.1, 0.15) is 34.1 Å². The third kappa shape index (κ3) is 6.20. The summed E-state index contributed by atoms with van der Waals surface area (Å²) in [4.78, 5) is 11.2. The lowest BCUT2D eigenvalue weighted by molar-refractivity contribution is -0.146. The van der Waals surface area contributed by atoms with Crippen LogP contribution in [-0.4, -0.2) is 12.5 Å². The lowest BCUT2D eigenvalue weighted by Crippen LogP contribution is -2.21. The summed E-state index contributed by atoms with van der Waals surface area (Å²) in [6.07, 6.45) is 4.09. The van der Waals surface area contributed by atoms with E-state index in [4.69, 9.17) is 4.74 Å². The highest BCUT2D eigenvalue weighted by atomic mass is 16.5. The lowest BCUT2D eigenvalue weighted by atomic mass is 9.98. The van der Waals surface area contributed by atoms with E-state index in [1.807, 2.05) is 20.8 Å². The predicted molar refractivity (Wildman–Crippen MR) is 53.0 cm³/mol. The van der Waals surface area contributed by atoms with E-state index in [0.29, 0.717) is 0 Å². The van der Waals surface area contributed by atoms with Gasteiger partial charge in [-0.15, -0.1) is 0 Å². The zero-order valence-electron chi connectivity index (χ0n) is 8.89. The smallest absolute Gasteiger partial charge is 0.316 e. The van der Waals surface area contributed by atoms with Gasteiger partial charge in [0.15, 0.2) is 0 Å². The molecule has 0 aliphatic carbocycles. The highest BCUT2D eigenvalue weighted by Gasteiger charge is 2.21. The Balaban J connectivity index is 3.64. The fraction of sp³-hybridized carbons (Fsp3) is 0.700. The number of ether oxygens (including phenoxy) is 1. The van der Waals surface area contributed by atoms with Crippen molar-refractivity contribution >= 4 is 5.97 Å².